The van der Waals surface area contributed by atoms with Crippen molar-refractivity contribution in [2.45, 2.75) is 84.1 Å². The van der Waals surface area contributed by atoms with Crippen molar-refractivity contribution < 1.29 is 93.5 Å². The van der Waals surface area contributed by atoms with Crippen LogP contribution in [-0.4, -0.2) is 224 Å². The molecule has 1 saturated heterocycles. The number of ether oxygens (including phenoxy) is 1. The van der Waals surface area contributed by atoms with Gasteiger partial charge in [-0.3, -0.25) is 68.0 Å². The molecule has 1 heterocycles. The number of carboxylic acids is 8. The van der Waals surface area contributed by atoms with Gasteiger partial charge in [0.05, 0.1) is 58.7 Å². The first-order valence-corrected chi connectivity index (χ1v) is 19.7. The molecule has 1 unspecified atom stereocenters. The van der Waals surface area contributed by atoms with Crippen molar-refractivity contribution in [1.82, 2.24) is 30.0 Å². The molecule has 1 rings (SSSR count). The maximum absolute atomic E-state index is 11.0. The molecule has 1 atom stereocenters. The second kappa shape index (κ2) is 37.4. The number of esters is 2. The maximum Gasteiger partial charge on any atom is 0.327 e. The van der Waals surface area contributed by atoms with Crippen LogP contribution in [0.3, 0.4) is 0 Å². The molecule has 25 heteroatoms. The van der Waals surface area contributed by atoms with Crippen molar-refractivity contribution in [2.24, 2.45) is 0 Å². The summed E-state index contributed by atoms with van der Waals surface area (Å²) in [4.78, 5) is 109. The van der Waals surface area contributed by atoms with Gasteiger partial charge in [-0.1, -0.05) is 51.9 Å². The van der Waals surface area contributed by atoms with Crippen LogP contribution in [0.5, 0.6) is 0 Å². The standard InChI is InChI=1S/C14H27NO4.C10H14N2O7.C8H16N2O4.C5H9NO4/c1-2-3-4-5-6-7-8-9-10-15(11-13(16)17)12-14(18)19;13-7(14)3-11(4-8(15)16)1-2-12-5-9(17)19-10(18)6-12;1-9(2)10(5-3-7(11)12)6-4-8(13)14;1-3(5(9)10)6-2-4(7)8/h2-12H2,1H3,(H,16,17)(H,18,19);1-6H2,(H,13,14)(H,15,16);3-6H2,1-2H3,(H,11,12)(H,13,14);3,6H,2H2,1H3,(H,7,8)(H,9,10). The van der Waals surface area contributed by atoms with E-state index in [1.165, 1.54) is 53.7 Å². The Morgan fingerprint density at radius 2 is 0.968 bits per heavy atom. The minimum absolute atomic E-state index is 0.0117. The summed E-state index contributed by atoms with van der Waals surface area (Å²) in [6, 6.07) is -0.809. The molecule has 0 radical (unpaired) electrons. The van der Waals surface area contributed by atoms with Crippen LogP contribution in [0.1, 0.15) is 78.1 Å². The first-order valence-electron chi connectivity index (χ1n) is 19.7. The van der Waals surface area contributed by atoms with E-state index in [0.29, 0.717) is 19.6 Å². The normalized spacial score (nSPS) is 12.8. The van der Waals surface area contributed by atoms with Crippen LogP contribution in [0.25, 0.3) is 0 Å². The number of carbonyl (C=O) groups is 10. The largest absolute Gasteiger partial charge is 0.481 e. The molecule has 0 aliphatic carbocycles. The summed E-state index contributed by atoms with van der Waals surface area (Å²) in [6.07, 6.45) is 9.41. The Morgan fingerprint density at radius 3 is 1.31 bits per heavy atom. The molecule has 358 valence electrons. The predicted molar refractivity (Wildman–Crippen MR) is 216 cm³/mol. The van der Waals surface area contributed by atoms with Crippen LogP contribution >= 0.6 is 0 Å². The van der Waals surface area contributed by atoms with E-state index >= 15 is 0 Å². The minimum atomic E-state index is -1.14. The van der Waals surface area contributed by atoms with Gasteiger partial charge in [0.1, 0.15) is 6.04 Å². The van der Waals surface area contributed by atoms with Crippen molar-refractivity contribution in [3.05, 3.63) is 0 Å². The van der Waals surface area contributed by atoms with Gasteiger partial charge in [-0.2, -0.15) is 0 Å². The zero-order chi connectivity index (χ0) is 48.2. The molecule has 9 N–H and O–H groups in total. The number of carbonyl (C=O) groups excluding carboxylic acids is 2. The second-order valence-corrected chi connectivity index (χ2v) is 14.0. The van der Waals surface area contributed by atoms with Crippen LogP contribution in [0, 0.1) is 0 Å². The molecular weight excluding hydrogens is 832 g/mol. The van der Waals surface area contributed by atoms with Gasteiger partial charge in [0, 0.05) is 40.3 Å². The first kappa shape index (κ1) is 61.0. The van der Waals surface area contributed by atoms with E-state index in [-0.39, 0.29) is 58.7 Å². The first-order chi connectivity index (χ1) is 28.9. The van der Waals surface area contributed by atoms with Gasteiger partial charge in [0.25, 0.3) is 0 Å². The summed E-state index contributed by atoms with van der Waals surface area (Å²) in [5.74, 6) is -9.44. The molecular formula is C37H66N6O19. The molecule has 0 aromatic rings. The summed E-state index contributed by atoms with van der Waals surface area (Å²) in [5.41, 5.74) is 0. The molecule has 0 aromatic heterocycles. The minimum Gasteiger partial charge on any atom is -0.481 e. The Hall–Kier alpha value is -5.34. The number of carboxylic acid groups (broad SMARTS) is 8. The third kappa shape index (κ3) is 42.8. The highest BCUT2D eigenvalue weighted by molar-refractivity contribution is 5.90. The summed E-state index contributed by atoms with van der Waals surface area (Å²) in [6.45, 7) is 3.43. The van der Waals surface area contributed by atoms with Crippen molar-refractivity contribution in [3.8, 4) is 0 Å². The lowest BCUT2D eigenvalue weighted by molar-refractivity contribution is -0.167. The zero-order valence-electron chi connectivity index (χ0n) is 35.9. The SMILES string of the molecule is CC(NCC(=O)O)C(=O)O.CCCCCCCCCCN(CC(=O)O)CC(=O)O.CN(C)N(CCC(=O)O)CCC(=O)O.O=C(O)CN(CCN1CC(=O)OC(=O)C1)CC(=O)O. The second-order valence-electron chi connectivity index (χ2n) is 14.0. The molecule has 0 saturated carbocycles. The number of unbranched alkanes of at least 4 members (excludes halogenated alkanes) is 7. The number of aliphatic carboxylic acids is 8. The third-order valence-electron chi connectivity index (χ3n) is 8.09. The Morgan fingerprint density at radius 1 is 0.581 bits per heavy atom. The lowest BCUT2D eigenvalue weighted by Crippen LogP contribution is -2.47. The van der Waals surface area contributed by atoms with Crippen LogP contribution in [0.2, 0.25) is 0 Å². The lowest BCUT2D eigenvalue weighted by atomic mass is 10.1. The van der Waals surface area contributed by atoms with E-state index in [9.17, 15) is 47.9 Å². The number of hydrazine groups is 1. The molecule has 25 nitrogen and oxygen atoms in total. The van der Waals surface area contributed by atoms with Gasteiger partial charge in [0.15, 0.2) is 0 Å². The predicted octanol–water partition coefficient (Wildman–Crippen LogP) is -0.711. The fraction of sp³-hybridized carbons (Fsp3) is 0.730. The van der Waals surface area contributed by atoms with Gasteiger partial charge in [-0.15, -0.1) is 0 Å². The fourth-order valence-corrected chi connectivity index (χ4v) is 5.00. The van der Waals surface area contributed by atoms with Gasteiger partial charge in [0.2, 0.25) is 0 Å². The molecule has 0 bridgehead atoms. The monoisotopic (exact) mass is 898 g/mol. The zero-order valence-corrected chi connectivity index (χ0v) is 35.9. The molecule has 1 aliphatic heterocycles. The quantitative estimate of drug-likeness (QED) is 0.0180. The number of hydrogen-bond acceptors (Lipinski definition) is 17. The number of morpholine rings is 1. The fourth-order valence-electron chi connectivity index (χ4n) is 5.00. The Labute approximate surface area is 359 Å². The van der Waals surface area contributed by atoms with Gasteiger partial charge in [-0.25, -0.2) is 10.0 Å². The summed E-state index contributed by atoms with van der Waals surface area (Å²) >= 11 is 0. The molecule has 0 amide bonds. The maximum atomic E-state index is 11.0. The van der Waals surface area contributed by atoms with Crippen molar-refractivity contribution >= 4 is 59.7 Å². The number of nitrogens with one attached hydrogen (secondary N) is 1. The Kier molecular flexibility index (Phi) is 36.8. The molecule has 0 spiro atoms. The highest BCUT2D eigenvalue weighted by Crippen LogP contribution is 2.09. The van der Waals surface area contributed by atoms with E-state index in [1.807, 2.05) is 0 Å². The lowest BCUT2D eigenvalue weighted by Gasteiger charge is -2.27. The Balaban J connectivity index is -0.000000770. The van der Waals surface area contributed by atoms with E-state index in [0.717, 1.165) is 19.3 Å². The molecule has 1 aliphatic rings. The van der Waals surface area contributed by atoms with Crippen LogP contribution in [0.15, 0.2) is 0 Å². The number of nitrogens with zero attached hydrogens (tertiary/aromatic N) is 5. The molecule has 0 aromatic carbocycles. The van der Waals surface area contributed by atoms with Crippen LogP contribution in [-0.2, 0) is 52.7 Å². The van der Waals surface area contributed by atoms with Crippen molar-refractivity contribution in [3.63, 3.8) is 0 Å². The third-order valence-corrected chi connectivity index (χ3v) is 8.09. The summed E-state index contributed by atoms with van der Waals surface area (Å²) in [5, 5.41) is 73.6. The van der Waals surface area contributed by atoms with Gasteiger partial charge in [-0.05, 0) is 19.9 Å². The number of hydrogen-bond donors (Lipinski definition) is 9. The number of rotatable bonds is 31. The summed E-state index contributed by atoms with van der Waals surface area (Å²) in [7, 11) is 3.51. The van der Waals surface area contributed by atoms with Crippen molar-refractivity contribution in [1.29, 1.82) is 0 Å². The highest BCUT2D eigenvalue weighted by atomic mass is 16.6. The van der Waals surface area contributed by atoms with Gasteiger partial charge >= 0.3 is 59.7 Å². The van der Waals surface area contributed by atoms with Gasteiger partial charge < -0.3 is 45.6 Å². The van der Waals surface area contributed by atoms with Crippen molar-refractivity contribution in [2.75, 3.05) is 92.6 Å². The average molecular weight is 899 g/mol. The van der Waals surface area contributed by atoms with E-state index in [2.05, 4.69) is 17.0 Å². The average Bonchev–Trinajstić information content (AvgIpc) is 3.13. The molecule has 1 fully saturated rings. The highest BCUT2D eigenvalue weighted by Gasteiger charge is 2.25. The van der Waals surface area contributed by atoms with Crippen LogP contribution < -0.4 is 5.32 Å². The molecule has 62 heavy (non-hydrogen) atoms. The van der Waals surface area contributed by atoms with E-state index in [1.54, 1.807) is 24.1 Å². The van der Waals surface area contributed by atoms with Crippen LogP contribution in [0.4, 0.5) is 0 Å². The summed E-state index contributed by atoms with van der Waals surface area (Å²) < 4.78 is 4.33. The van der Waals surface area contributed by atoms with E-state index in [4.69, 9.17) is 40.9 Å². The number of cyclic esters (lactones) is 2. The topological polar surface area (TPSA) is 370 Å². The van der Waals surface area contributed by atoms with E-state index < -0.39 is 78.8 Å². The smallest absolute Gasteiger partial charge is 0.327 e. The Bertz CT molecular complexity index is 1330.